The first-order valence-corrected chi connectivity index (χ1v) is 5.49. The highest BCUT2D eigenvalue weighted by Crippen LogP contribution is 2.25. The van der Waals surface area contributed by atoms with E-state index in [4.69, 9.17) is 10.5 Å². The molecule has 1 aromatic rings. The van der Waals surface area contributed by atoms with Gasteiger partial charge in [-0.2, -0.15) is 0 Å². The summed E-state index contributed by atoms with van der Waals surface area (Å²) in [6.07, 6.45) is 1.000. The fourth-order valence-corrected chi connectivity index (χ4v) is 1.96. The SMILES string of the molecule is CC1OCCC1Nc1cc(N)cc([N+](=O)[O-])c1. The van der Waals surface area contributed by atoms with Crippen LogP contribution in [-0.2, 0) is 4.74 Å². The fraction of sp³-hybridized carbons (Fsp3) is 0.455. The van der Waals surface area contributed by atoms with Crippen LogP contribution in [0.4, 0.5) is 17.1 Å². The number of ether oxygens (including phenoxy) is 1. The van der Waals surface area contributed by atoms with E-state index in [-0.39, 0.29) is 17.8 Å². The van der Waals surface area contributed by atoms with Gasteiger partial charge in [-0.3, -0.25) is 10.1 Å². The lowest BCUT2D eigenvalue weighted by atomic mass is 10.1. The van der Waals surface area contributed by atoms with Crippen molar-refractivity contribution in [2.24, 2.45) is 0 Å². The zero-order chi connectivity index (χ0) is 12.4. The molecule has 1 saturated heterocycles. The largest absolute Gasteiger partial charge is 0.398 e. The van der Waals surface area contributed by atoms with Gasteiger partial charge in [0.25, 0.3) is 5.69 Å². The first-order valence-electron chi connectivity index (χ1n) is 5.49. The number of nitrogens with two attached hydrogens (primary N) is 1. The Hall–Kier alpha value is -1.82. The number of nitro benzene ring substituents is 1. The third kappa shape index (κ3) is 2.65. The molecule has 0 aromatic heterocycles. The summed E-state index contributed by atoms with van der Waals surface area (Å²) in [5, 5.41) is 13.9. The van der Waals surface area contributed by atoms with Crippen LogP contribution in [-0.4, -0.2) is 23.7 Å². The fourth-order valence-electron chi connectivity index (χ4n) is 1.96. The van der Waals surface area contributed by atoms with Gasteiger partial charge >= 0.3 is 0 Å². The molecule has 0 radical (unpaired) electrons. The summed E-state index contributed by atoms with van der Waals surface area (Å²) in [4.78, 5) is 10.3. The second-order valence-corrected chi connectivity index (χ2v) is 4.19. The highest BCUT2D eigenvalue weighted by Gasteiger charge is 2.24. The van der Waals surface area contributed by atoms with E-state index in [9.17, 15) is 10.1 Å². The van der Waals surface area contributed by atoms with E-state index < -0.39 is 4.92 Å². The smallest absolute Gasteiger partial charge is 0.273 e. The van der Waals surface area contributed by atoms with Crippen LogP contribution in [0.5, 0.6) is 0 Å². The Morgan fingerprint density at radius 3 is 2.88 bits per heavy atom. The highest BCUT2D eigenvalue weighted by molar-refractivity contribution is 5.61. The monoisotopic (exact) mass is 237 g/mol. The van der Waals surface area contributed by atoms with Crippen LogP contribution >= 0.6 is 0 Å². The van der Waals surface area contributed by atoms with Crippen LogP contribution in [0.2, 0.25) is 0 Å². The molecule has 2 rings (SSSR count). The average molecular weight is 237 g/mol. The quantitative estimate of drug-likeness (QED) is 0.475. The van der Waals surface area contributed by atoms with Crippen LogP contribution in [0.25, 0.3) is 0 Å². The molecular formula is C11H15N3O3. The summed E-state index contributed by atoms with van der Waals surface area (Å²) < 4.78 is 5.42. The Morgan fingerprint density at radius 1 is 1.53 bits per heavy atom. The van der Waals surface area contributed by atoms with Crippen LogP contribution < -0.4 is 11.1 Å². The van der Waals surface area contributed by atoms with Gasteiger partial charge in [0.15, 0.2) is 0 Å². The summed E-state index contributed by atoms with van der Waals surface area (Å²) in [5.74, 6) is 0. The Labute approximate surface area is 98.9 Å². The molecule has 0 bridgehead atoms. The molecule has 0 saturated carbocycles. The Kier molecular flexibility index (Phi) is 3.14. The maximum Gasteiger partial charge on any atom is 0.273 e. The summed E-state index contributed by atoms with van der Waals surface area (Å²) >= 11 is 0. The zero-order valence-electron chi connectivity index (χ0n) is 9.55. The minimum absolute atomic E-state index is 0.000863. The molecule has 1 aromatic carbocycles. The van der Waals surface area contributed by atoms with Crippen LogP contribution in [0.1, 0.15) is 13.3 Å². The number of anilines is 2. The first-order chi connectivity index (χ1) is 8.06. The number of nitro groups is 1. The topological polar surface area (TPSA) is 90.4 Å². The van der Waals surface area contributed by atoms with Crippen molar-refractivity contribution < 1.29 is 9.66 Å². The zero-order valence-corrected chi connectivity index (χ0v) is 9.55. The molecule has 6 heteroatoms. The van der Waals surface area contributed by atoms with Crippen molar-refractivity contribution in [1.29, 1.82) is 0 Å². The van der Waals surface area contributed by atoms with E-state index in [1.807, 2.05) is 6.92 Å². The molecule has 1 fully saturated rings. The molecule has 0 spiro atoms. The first kappa shape index (κ1) is 11.7. The molecule has 6 nitrogen and oxygen atoms in total. The highest BCUT2D eigenvalue weighted by atomic mass is 16.6. The van der Waals surface area contributed by atoms with Gasteiger partial charge in [-0.1, -0.05) is 0 Å². The summed E-state index contributed by atoms with van der Waals surface area (Å²) in [5.41, 5.74) is 6.68. The molecule has 1 aliphatic rings. The van der Waals surface area contributed by atoms with Gasteiger partial charge < -0.3 is 15.8 Å². The predicted octanol–water partition coefficient (Wildman–Crippen LogP) is 1.77. The second kappa shape index (κ2) is 4.58. The van der Waals surface area contributed by atoms with Crippen molar-refractivity contribution in [1.82, 2.24) is 0 Å². The molecule has 1 aliphatic heterocycles. The number of benzene rings is 1. The maximum atomic E-state index is 10.7. The van der Waals surface area contributed by atoms with Gasteiger partial charge in [-0.15, -0.1) is 0 Å². The summed E-state index contributed by atoms with van der Waals surface area (Å²) in [7, 11) is 0. The normalized spacial score (nSPS) is 23.6. The third-order valence-electron chi connectivity index (χ3n) is 2.88. The second-order valence-electron chi connectivity index (χ2n) is 4.19. The molecule has 2 unspecified atom stereocenters. The van der Waals surface area contributed by atoms with Crippen LogP contribution in [0.3, 0.4) is 0 Å². The molecule has 17 heavy (non-hydrogen) atoms. The number of nitrogens with zero attached hydrogens (tertiary/aromatic N) is 1. The number of hydrogen-bond acceptors (Lipinski definition) is 5. The van der Waals surface area contributed by atoms with E-state index in [1.54, 1.807) is 6.07 Å². The minimum atomic E-state index is -0.448. The molecule has 3 N–H and O–H groups in total. The van der Waals surface area contributed by atoms with Crippen molar-refractivity contribution in [3.8, 4) is 0 Å². The Morgan fingerprint density at radius 2 is 2.29 bits per heavy atom. The van der Waals surface area contributed by atoms with Gasteiger partial charge in [0.1, 0.15) is 0 Å². The van der Waals surface area contributed by atoms with E-state index >= 15 is 0 Å². The number of rotatable bonds is 3. The Balaban J connectivity index is 2.17. The number of nitrogen functional groups attached to an aromatic ring is 1. The van der Waals surface area contributed by atoms with Gasteiger partial charge in [0.2, 0.25) is 0 Å². The van der Waals surface area contributed by atoms with Crippen molar-refractivity contribution in [3.63, 3.8) is 0 Å². The molecule has 2 atom stereocenters. The van der Waals surface area contributed by atoms with E-state index in [0.717, 1.165) is 6.42 Å². The molecule has 1 heterocycles. The van der Waals surface area contributed by atoms with Crippen molar-refractivity contribution in [2.75, 3.05) is 17.7 Å². The Bertz CT molecular complexity index is 436. The van der Waals surface area contributed by atoms with Crippen molar-refractivity contribution >= 4 is 17.1 Å². The van der Waals surface area contributed by atoms with Crippen molar-refractivity contribution in [2.45, 2.75) is 25.5 Å². The van der Waals surface area contributed by atoms with E-state index in [2.05, 4.69) is 5.32 Å². The number of nitrogens with one attached hydrogen (secondary N) is 1. The number of non-ortho nitro benzene ring substituents is 1. The van der Waals surface area contributed by atoms with Gasteiger partial charge in [0, 0.05) is 30.1 Å². The molecular weight excluding hydrogens is 222 g/mol. The molecule has 92 valence electrons. The average Bonchev–Trinajstić information content (AvgIpc) is 2.63. The lowest BCUT2D eigenvalue weighted by Crippen LogP contribution is -2.26. The van der Waals surface area contributed by atoms with Crippen LogP contribution in [0.15, 0.2) is 18.2 Å². The predicted molar refractivity (Wildman–Crippen MR) is 65.0 cm³/mol. The van der Waals surface area contributed by atoms with Gasteiger partial charge in [0.05, 0.1) is 17.1 Å². The molecule has 0 aliphatic carbocycles. The van der Waals surface area contributed by atoms with E-state index in [1.165, 1.54) is 12.1 Å². The summed E-state index contributed by atoms with van der Waals surface area (Å²) in [6, 6.07) is 4.70. The lowest BCUT2D eigenvalue weighted by molar-refractivity contribution is -0.384. The third-order valence-corrected chi connectivity index (χ3v) is 2.88. The lowest BCUT2D eigenvalue weighted by Gasteiger charge is -2.17. The summed E-state index contributed by atoms with van der Waals surface area (Å²) in [6.45, 7) is 2.69. The minimum Gasteiger partial charge on any atom is -0.398 e. The van der Waals surface area contributed by atoms with E-state index in [0.29, 0.717) is 18.0 Å². The van der Waals surface area contributed by atoms with Gasteiger partial charge in [-0.05, 0) is 19.4 Å². The maximum absolute atomic E-state index is 10.7. The molecule has 0 amide bonds. The van der Waals surface area contributed by atoms with Gasteiger partial charge in [-0.25, -0.2) is 0 Å². The van der Waals surface area contributed by atoms with Crippen LogP contribution in [0, 0.1) is 10.1 Å². The number of hydrogen-bond donors (Lipinski definition) is 2. The van der Waals surface area contributed by atoms with Crippen molar-refractivity contribution in [3.05, 3.63) is 28.3 Å². The standard InChI is InChI=1S/C11H15N3O3/c1-7-11(2-3-17-7)13-9-4-8(12)5-10(6-9)14(15)16/h4-7,11,13H,2-3,12H2,1H3.